The number of nitrogens with two attached hydrogens (primary N) is 1. The Hall–Kier alpha value is -2.81. The molecule has 0 amide bonds. The number of alkyl halides is 3. The molecule has 0 bridgehead atoms. The smallest absolute Gasteiger partial charge is 0.416 e. The monoisotopic (exact) mass is 515 g/mol. The average molecular weight is 516 g/mol. The molecule has 1 unspecified atom stereocenters. The molecule has 1 aliphatic heterocycles. The number of unbranched alkanes of at least 4 members (excludes halogenated alkanes) is 1. The molecule has 2 aromatic carbocycles. The third-order valence-electron chi connectivity index (χ3n) is 6.53. The number of anilines is 1. The molecule has 194 valence electrons. The Balaban J connectivity index is 0.00000432. The first-order valence-corrected chi connectivity index (χ1v) is 11.3. The van der Waals surface area contributed by atoms with Gasteiger partial charge in [0.05, 0.1) is 17.9 Å². The van der Waals surface area contributed by atoms with E-state index in [1.54, 1.807) is 0 Å². The van der Waals surface area contributed by atoms with Gasteiger partial charge < -0.3 is 25.6 Å². The van der Waals surface area contributed by atoms with E-state index < -0.39 is 17.7 Å². The molecule has 1 atom stereocenters. The van der Waals surface area contributed by atoms with E-state index in [9.17, 15) is 18.3 Å². The summed E-state index contributed by atoms with van der Waals surface area (Å²) in [5, 5.41) is 20.1. The van der Waals surface area contributed by atoms with Crippen LogP contribution in [0.5, 0.6) is 17.2 Å². The van der Waals surface area contributed by atoms with Crippen LogP contribution in [0.15, 0.2) is 18.2 Å². The van der Waals surface area contributed by atoms with Crippen LogP contribution in [0.1, 0.15) is 60.4 Å². The lowest BCUT2D eigenvalue weighted by Gasteiger charge is -2.38. The number of phenolic OH excluding ortho intramolecular Hbond substituents is 1. The number of benzene rings is 2. The SMILES string of the molecule is Cc1c(C)c2c(c(C)c1O)CCC(C)(CCCCOc1ccc(C(F)(F)F)cc1NC(=N)N)O2.Cl. The number of aromatic hydroxyl groups is 1. The highest BCUT2D eigenvalue weighted by Crippen LogP contribution is 2.44. The molecule has 2 aromatic rings. The molecule has 5 N–H and O–H groups in total. The largest absolute Gasteiger partial charge is 0.507 e. The number of guanidine groups is 1. The van der Waals surface area contributed by atoms with Crippen molar-refractivity contribution in [3.8, 4) is 17.2 Å². The van der Waals surface area contributed by atoms with Crippen LogP contribution < -0.4 is 20.5 Å². The topological polar surface area (TPSA) is 101 Å². The van der Waals surface area contributed by atoms with Crippen LogP contribution >= 0.6 is 12.4 Å². The second kappa shape index (κ2) is 10.8. The lowest BCUT2D eigenvalue weighted by atomic mass is 9.85. The fourth-order valence-corrected chi connectivity index (χ4v) is 4.33. The Morgan fingerprint density at radius 2 is 1.89 bits per heavy atom. The average Bonchev–Trinajstić information content (AvgIpc) is 2.75. The first kappa shape index (κ1) is 28.4. The van der Waals surface area contributed by atoms with E-state index in [1.807, 2.05) is 20.8 Å². The Labute approximate surface area is 209 Å². The summed E-state index contributed by atoms with van der Waals surface area (Å²) in [6.45, 7) is 8.15. The van der Waals surface area contributed by atoms with E-state index in [0.717, 1.165) is 65.8 Å². The van der Waals surface area contributed by atoms with E-state index in [1.165, 1.54) is 6.07 Å². The minimum atomic E-state index is -4.51. The highest BCUT2D eigenvalue weighted by molar-refractivity contribution is 5.91. The minimum Gasteiger partial charge on any atom is -0.507 e. The lowest BCUT2D eigenvalue weighted by molar-refractivity contribution is -0.137. The second-order valence-corrected chi connectivity index (χ2v) is 9.14. The molecular weight excluding hydrogens is 483 g/mol. The summed E-state index contributed by atoms with van der Waals surface area (Å²) in [5.41, 5.74) is 7.85. The molecule has 10 heteroatoms. The van der Waals surface area contributed by atoms with Gasteiger partial charge in [-0.05, 0) is 94.7 Å². The summed E-state index contributed by atoms with van der Waals surface area (Å²) in [6, 6.07) is 3.06. The Bertz CT molecular complexity index is 1090. The fourth-order valence-electron chi connectivity index (χ4n) is 4.33. The van der Waals surface area contributed by atoms with Crippen LogP contribution in [0.25, 0.3) is 0 Å². The highest BCUT2D eigenvalue weighted by atomic mass is 35.5. The highest BCUT2D eigenvalue weighted by Gasteiger charge is 2.34. The summed E-state index contributed by atoms with van der Waals surface area (Å²) < 4.78 is 51.1. The number of ether oxygens (including phenoxy) is 2. The number of nitrogens with one attached hydrogen (secondary N) is 2. The van der Waals surface area contributed by atoms with E-state index in [2.05, 4.69) is 12.2 Å². The first-order chi connectivity index (χ1) is 15.8. The van der Waals surface area contributed by atoms with Crippen molar-refractivity contribution in [2.24, 2.45) is 5.73 Å². The molecule has 1 heterocycles. The number of rotatable bonds is 7. The fraction of sp³-hybridized carbons (Fsp3) is 0.480. The molecule has 0 saturated heterocycles. The second-order valence-electron chi connectivity index (χ2n) is 9.14. The summed E-state index contributed by atoms with van der Waals surface area (Å²) in [6.07, 6.45) is -0.576. The normalized spacial score (nSPS) is 17.1. The van der Waals surface area contributed by atoms with Crippen molar-refractivity contribution in [2.45, 2.75) is 71.6 Å². The number of halogens is 4. The summed E-state index contributed by atoms with van der Waals surface area (Å²) >= 11 is 0. The Morgan fingerprint density at radius 1 is 1.20 bits per heavy atom. The van der Waals surface area contributed by atoms with Gasteiger partial charge in [-0.3, -0.25) is 5.41 Å². The molecule has 0 saturated carbocycles. The quantitative estimate of drug-likeness (QED) is 0.194. The van der Waals surface area contributed by atoms with Crippen molar-refractivity contribution in [3.63, 3.8) is 0 Å². The van der Waals surface area contributed by atoms with E-state index >= 15 is 0 Å². The zero-order valence-electron chi connectivity index (χ0n) is 20.4. The number of hydrogen-bond donors (Lipinski definition) is 4. The molecule has 6 nitrogen and oxygen atoms in total. The predicted octanol–water partition coefficient (Wildman–Crippen LogP) is 6.40. The van der Waals surface area contributed by atoms with Gasteiger partial charge in [-0.25, -0.2) is 0 Å². The van der Waals surface area contributed by atoms with Crippen LogP contribution in [-0.4, -0.2) is 23.3 Å². The number of fused-ring (bicyclic) bond motifs is 1. The molecule has 3 rings (SSSR count). The van der Waals surface area contributed by atoms with Gasteiger partial charge in [-0.2, -0.15) is 13.2 Å². The van der Waals surface area contributed by atoms with Crippen molar-refractivity contribution in [1.29, 1.82) is 5.41 Å². The first-order valence-electron chi connectivity index (χ1n) is 11.3. The number of hydrogen-bond acceptors (Lipinski definition) is 4. The van der Waals surface area contributed by atoms with E-state index in [0.29, 0.717) is 18.8 Å². The molecule has 0 aliphatic carbocycles. The number of phenols is 1. The van der Waals surface area contributed by atoms with Crippen LogP contribution in [0.3, 0.4) is 0 Å². The standard InChI is InChI=1S/C25H32F3N3O3.ClH/c1-14-15(2)22-18(16(3)21(14)32)9-11-24(4,34-22)10-5-6-12-33-20-8-7-17(25(26,27)28)13-19(20)31-23(29)30;/h7-8,13,32H,5-6,9-12H2,1-4H3,(H4,29,30,31);1H. The van der Waals surface area contributed by atoms with Crippen molar-refractivity contribution in [1.82, 2.24) is 0 Å². The Kier molecular flexibility index (Phi) is 8.81. The van der Waals surface area contributed by atoms with Gasteiger partial charge in [0.2, 0.25) is 0 Å². The molecule has 0 spiro atoms. The van der Waals surface area contributed by atoms with Crippen LogP contribution in [0.2, 0.25) is 0 Å². The van der Waals surface area contributed by atoms with Gasteiger partial charge in [-0.15, -0.1) is 12.4 Å². The van der Waals surface area contributed by atoms with Crippen molar-refractivity contribution in [3.05, 3.63) is 46.0 Å². The van der Waals surface area contributed by atoms with E-state index in [4.69, 9.17) is 20.6 Å². The van der Waals surface area contributed by atoms with Crippen LogP contribution in [0, 0.1) is 26.2 Å². The van der Waals surface area contributed by atoms with Crippen molar-refractivity contribution >= 4 is 24.1 Å². The van der Waals surface area contributed by atoms with Crippen molar-refractivity contribution < 1.29 is 27.8 Å². The molecule has 0 fully saturated rings. The molecule has 0 radical (unpaired) electrons. The van der Waals surface area contributed by atoms with E-state index in [-0.39, 0.29) is 29.4 Å². The Morgan fingerprint density at radius 3 is 2.51 bits per heavy atom. The van der Waals surface area contributed by atoms with Gasteiger partial charge >= 0.3 is 6.18 Å². The maximum absolute atomic E-state index is 13.0. The molecular formula is C25H33ClF3N3O3. The third-order valence-corrected chi connectivity index (χ3v) is 6.53. The van der Waals surface area contributed by atoms with Gasteiger partial charge in [0.25, 0.3) is 0 Å². The maximum Gasteiger partial charge on any atom is 0.416 e. The van der Waals surface area contributed by atoms with Crippen LogP contribution in [-0.2, 0) is 12.6 Å². The zero-order valence-corrected chi connectivity index (χ0v) is 21.2. The van der Waals surface area contributed by atoms with Gasteiger partial charge in [0.15, 0.2) is 5.96 Å². The minimum absolute atomic E-state index is 0. The summed E-state index contributed by atoms with van der Waals surface area (Å²) in [7, 11) is 0. The zero-order chi connectivity index (χ0) is 25.3. The van der Waals surface area contributed by atoms with Gasteiger partial charge in [0, 0.05) is 5.56 Å². The molecule has 0 aromatic heterocycles. The van der Waals surface area contributed by atoms with Gasteiger partial charge in [0.1, 0.15) is 22.8 Å². The predicted molar refractivity (Wildman–Crippen MR) is 133 cm³/mol. The maximum atomic E-state index is 13.0. The summed E-state index contributed by atoms with van der Waals surface area (Å²) in [5.74, 6) is 0.935. The molecule has 35 heavy (non-hydrogen) atoms. The van der Waals surface area contributed by atoms with Crippen LogP contribution in [0.4, 0.5) is 18.9 Å². The lowest BCUT2D eigenvalue weighted by Crippen LogP contribution is -2.37. The van der Waals surface area contributed by atoms with Gasteiger partial charge in [-0.1, -0.05) is 0 Å². The third kappa shape index (κ3) is 6.45. The summed E-state index contributed by atoms with van der Waals surface area (Å²) in [4.78, 5) is 0. The van der Waals surface area contributed by atoms with Crippen molar-refractivity contribution in [2.75, 3.05) is 11.9 Å². The molecule has 1 aliphatic rings.